The van der Waals surface area contributed by atoms with Gasteiger partial charge in [-0.15, -0.1) is 0 Å². The fourth-order valence-corrected chi connectivity index (χ4v) is 1.09. The number of aliphatic hydroxyl groups excluding tert-OH is 1. The van der Waals surface area contributed by atoms with E-state index >= 15 is 0 Å². The second-order valence-corrected chi connectivity index (χ2v) is 2.23. The highest BCUT2D eigenvalue weighted by Crippen LogP contribution is 2.23. The Labute approximate surface area is 60.5 Å². The van der Waals surface area contributed by atoms with Crippen LogP contribution in [0.4, 0.5) is 0 Å². The van der Waals surface area contributed by atoms with Gasteiger partial charge in [0.25, 0.3) is 0 Å². The van der Waals surface area contributed by atoms with Gasteiger partial charge in [0.2, 0.25) is 0 Å². The van der Waals surface area contributed by atoms with Gasteiger partial charge in [-0.2, -0.15) is 5.26 Å². The molecule has 1 saturated carbocycles. The lowest BCUT2D eigenvalue weighted by molar-refractivity contribution is 0.156. The van der Waals surface area contributed by atoms with E-state index in [4.69, 9.17) is 15.6 Å². The van der Waals surface area contributed by atoms with Gasteiger partial charge >= 0.3 is 0 Å². The topological polar surface area (TPSA) is 67.8 Å². The van der Waals surface area contributed by atoms with E-state index in [1.165, 1.54) is 0 Å². The second kappa shape index (κ2) is 4.78. The van der Waals surface area contributed by atoms with Crippen LogP contribution in [0.1, 0.15) is 19.3 Å². The van der Waals surface area contributed by atoms with Crippen molar-refractivity contribution in [3.63, 3.8) is 0 Å². The zero-order chi connectivity index (χ0) is 7.98. The Hall–Kier alpha value is -1.06. The summed E-state index contributed by atoms with van der Waals surface area (Å²) in [6, 6.07) is 2.06. The fourth-order valence-electron chi connectivity index (χ4n) is 1.09. The molecular weight excluding hydrogens is 128 g/mol. The summed E-state index contributed by atoms with van der Waals surface area (Å²) in [5.74, 6) is -0.0741. The summed E-state index contributed by atoms with van der Waals surface area (Å²) in [7, 11) is 0. The molecule has 3 nitrogen and oxygen atoms in total. The van der Waals surface area contributed by atoms with Crippen LogP contribution in [0.3, 0.4) is 0 Å². The number of hydrogen-bond acceptors (Lipinski definition) is 3. The van der Waals surface area contributed by atoms with Gasteiger partial charge in [0.15, 0.2) is 0 Å². The molecule has 2 unspecified atom stereocenters. The van der Waals surface area contributed by atoms with Crippen LogP contribution in [0.5, 0.6) is 0 Å². The summed E-state index contributed by atoms with van der Waals surface area (Å²) in [6.45, 7) is 3.50. The third-order valence-electron chi connectivity index (χ3n) is 1.65. The first-order valence-electron chi connectivity index (χ1n) is 3.18. The Morgan fingerprint density at radius 1 is 1.40 bits per heavy atom. The highest BCUT2D eigenvalue weighted by Gasteiger charge is 2.24. The van der Waals surface area contributed by atoms with Crippen molar-refractivity contribution in [3.8, 4) is 12.6 Å². The molecule has 0 aromatic heterocycles. The number of aliphatic hydroxyl groups is 1. The third-order valence-corrected chi connectivity index (χ3v) is 1.65. The van der Waals surface area contributed by atoms with E-state index in [9.17, 15) is 0 Å². The predicted molar refractivity (Wildman–Crippen MR) is 35.6 cm³/mol. The van der Waals surface area contributed by atoms with Crippen molar-refractivity contribution in [2.24, 2.45) is 5.92 Å². The molecule has 0 radical (unpaired) electrons. The van der Waals surface area contributed by atoms with Crippen molar-refractivity contribution in [1.29, 1.82) is 10.5 Å². The van der Waals surface area contributed by atoms with Crippen molar-refractivity contribution in [3.05, 3.63) is 0 Å². The smallest absolute Gasteiger partial charge is 0.0722 e. The lowest BCUT2D eigenvalue weighted by Gasteiger charge is -2.01. The molecule has 1 aliphatic rings. The lowest BCUT2D eigenvalue weighted by Crippen LogP contribution is -2.09. The molecular formula is C7H10N2O. The van der Waals surface area contributed by atoms with Gasteiger partial charge in [-0.25, -0.2) is 5.26 Å². The first-order valence-corrected chi connectivity index (χ1v) is 3.18. The highest BCUT2D eigenvalue weighted by atomic mass is 16.3. The van der Waals surface area contributed by atoms with Crippen molar-refractivity contribution >= 4 is 0 Å². The fraction of sp³-hybridized carbons (Fsp3) is 0.714. The van der Waals surface area contributed by atoms with E-state index in [0.29, 0.717) is 0 Å². The van der Waals surface area contributed by atoms with Crippen LogP contribution in [-0.2, 0) is 0 Å². The molecule has 0 saturated heterocycles. The normalized spacial score (nSPS) is 29.8. The minimum Gasteiger partial charge on any atom is -0.392 e. The zero-order valence-electron chi connectivity index (χ0n) is 5.70. The van der Waals surface area contributed by atoms with E-state index in [2.05, 4.69) is 12.6 Å². The molecule has 0 amide bonds. The standard InChI is InChI=1S/C6H9NO.CHN/c7-4-5-2-1-3-6(5)8;1-2/h5-6,8H,1-3H2;1H. The number of nitriles is 2. The molecule has 1 fully saturated rings. The molecule has 0 heterocycles. The van der Waals surface area contributed by atoms with Crippen molar-refractivity contribution < 1.29 is 5.11 Å². The van der Waals surface area contributed by atoms with Crippen LogP contribution in [0.2, 0.25) is 0 Å². The molecule has 1 N–H and O–H groups in total. The van der Waals surface area contributed by atoms with Crippen LogP contribution in [-0.4, -0.2) is 11.2 Å². The third kappa shape index (κ3) is 2.05. The van der Waals surface area contributed by atoms with E-state index in [1.54, 1.807) is 0 Å². The molecule has 0 spiro atoms. The quantitative estimate of drug-likeness (QED) is 0.538. The summed E-state index contributed by atoms with van der Waals surface area (Å²) in [6.07, 6.45) is 2.38. The number of rotatable bonds is 0. The monoisotopic (exact) mass is 138 g/mol. The Bertz CT molecular complexity index is 147. The van der Waals surface area contributed by atoms with Gasteiger partial charge in [0, 0.05) is 6.57 Å². The van der Waals surface area contributed by atoms with Gasteiger partial charge in [-0.3, -0.25) is 0 Å². The number of nitrogens with zero attached hydrogens (tertiary/aromatic N) is 2. The Balaban J connectivity index is 0.000000371. The van der Waals surface area contributed by atoms with Crippen molar-refractivity contribution in [2.45, 2.75) is 25.4 Å². The Morgan fingerprint density at radius 3 is 2.20 bits per heavy atom. The SMILES string of the molecule is C#N.N#CC1CCCC1O. The molecule has 1 aliphatic carbocycles. The maximum Gasteiger partial charge on any atom is 0.0722 e. The van der Waals surface area contributed by atoms with Crippen LogP contribution < -0.4 is 0 Å². The molecule has 54 valence electrons. The summed E-state index contributed by atoms with van der Waals surface area (Å²) >= 11 is 0. The largest absolute Gasteiger partial charge is 0.392 e. The molecule has 0 bridgehead atoms. The maximum atomic E-state index is 8.97. The van der Waals surface area contributed by atoms with E-state index < -0.39 is 0 Å². The Kier molecular flexibility index (Phi) is 4.28. The summed E-state index contributed by atoms with van der Waals surface area (Å²) < 4.78 is 0. The predicted octanol–water partition coefficient (Wildman–Crippen LogP) is 0.811. The zero-order valence-corrected chi connectivity index (χ0v) is 5.70. The summed E-state index contributed by atoms with van der Waals surface area (Å²) in [5.41, 5.74) is 0. The summed E-state index contributed by atoms with van der Waals surface area (Å²) in [4.78, 5) is 0. The molecule has 0 aromatic rings. The van der Waals surface area contributed by atoms with Gasteiger partial charge in [0.1, 0.15) is 0 Å². The Morgan fingerprint density at radius 2 is 2.00 bits per heavy atom. The first-order chi connectivity index (χ1) is 4.84. The van der Waals surface area contributed by atoms with Crippen LogP contribution in [0, 0.1) is 29.1 Å². The van der Waals surface area contributed by atoms with Gasteiger partial charge in [0.05, 0.1) is 18.1 Å². The van der Waals surface area contributed by atoms with Crippen LogP contribution >= 0.6 is 0 Å². The molecule has 2 atom stereocenters. The maximum absolute atomic E-state index is 8.97. The highest BCUT2D eigenvalue weighted by molar-refractivity contribution is 4.92. The average Bonchev–Trinajstić information content (AvgIpc) is 2.39. The molecule has 10 heavy (non-hydrogen) atoms. The van der Waals surface area contributed by atoms with Gasteiger partial charge in [-0.1, -0.05) is 0 Å². The van der Waals surface area contributed by atoms with E-state index in [0.717, 1.165) is 19.3 Å². The molecule has 3 heteroatoms. The average molecular weight is 138 g/mol. The summed E-state index contributed by atoms with van der Waals surface area (Å²) in [5, 5.41) is 23.8. The molecule has 0 aromatic carbocycles. The van der Waals surface area contributed by atoms with Crippen LogP contribution in [0.25, 0.3) is 0 Å². The van der Waals surface area contributed by atoms with E-state index in [-0.39, 0.29) is 12.0 Å². The first kappa shape index (κ1) is 8.94. The second-order valence-electron chi connectivity index (χ2n) is 2.23. The van der Waals surface area contributed by atoms with Gasteiger partial charge in [-0.05, 0) is 19.3 Å². The van der Waals surface area contributed by atoms with Crippen molar-refractivity contribution in [2.75, 3.05) is 0 Å². The van der Waals surface area contributed by atoms with Crippen LogP contribution in [0.15, 0.2) is 0 Å². The van der Waals surface area contributed by atoms with Crippen molar-refractivity contribution in [1.82, 2.24) is 0 Å². The van der Waals surface area contributed by atoms with E-state index in [1.807, 2.05) is 0 Å². The molecule has 0 aliphatic heterocycles. The minimum atomic E-state index is -0.333. The lowest BCUT2D eigenvalue weighted by atomic mass is 10.1. The minimum absolute atomic E-state index is 0.0741. The molecule has 1 rings (SSSR count). The van der Waals surface area contributed by atoms with Gasteiger partial charge < -0.3 is 5.11 Å². The number of hydrogen-bond donors (Lipinski definition) is 1.